The van der Waals surface area contributed by atoms with Crippen LogP contribution in [0.3, 0.4) is 0 Å². The highest BCUT2D eigenvalue weighted by atomic mass is 32.1. The van der Waals surface area contributed by atoms with Crippen molar-refractivity contribution in [1.82, 2.24) is 10.3 Å². The molecule has 0 saturated carbocycles. The van der Waals surface area contributed by atoms with Gasteiger partial charge < -0.3 is 10.1 Å². The van der Waals surface area contributed by atoms with E-state index < -0.39 is 0 Å². The molecule has 0 aliphatic rings. The van der Waals surface area contributed by atoms with Crippen molar-refractivity contribution >= 4 is 17.2 Å². The summed E-state index contributed by atoms with van der Waals surface area (Å²) in [6, 6.07) is 5.70. The molecule has 1 rings (SSSR count). The highest BCUT2D eigenvalue weighted by molar-refractivity contribution is 7.80. The number of hydrogen-bond acceptors (Lipinski definition) is 3. The van der Waals surface area contributed by atoms with E-state index in [0.717, 1.165) is 5.69 Å². The van der Waals surface area contributed by atoms with Crippen molar-refractivity contribution in [2.45, 2.75) is 13.0 Å². The van der Waals surface area contributed by atoms with E-state index in [0.29, 0.717) is 11.6 Å². The number of thiocarbonyl (C=S) groups is 1. The van der Waals surface area contributed by atoms with Crippen LogP contribution in [-0.2, 0) is 4.74 Å². The average molecular weight is 210 g/mol. The molecule has 1 aromatic heterocycles. The Balaban J connectivity index is 2.83. The summed E-state index contributed by atoms with van der Waals surface area (Å²) >= 11 is 5.15. The Morgan fingerprint density at radius 2 is 2.43 bits per heavy atom. The van der Waals surface area contributed by atoms with Gasteiger partial charge in [-0.3, -0.25) is 4.98 Å². The van der Waals surface area contributed by atoms with E-state index in [1.807, 2.05) is 25.1 Å². The fraction of sp³-hybridized carbons (Fsp3) is 0.400. The van der Waals surface area contributed by atoms with E-state index in [9.17, 15) is 0 Å². The Labute approximate surface area is 89.5 Å². The SMILES string of the molecule is CCOC(C(=S)NC)c1ccccn1. The summed E-state index contributed by atoms with van der Waals surface area (Å²) in [6.45, 7) is 2.55. The number of rotatable bonds is 4. The van der Waals surface area contributed by atoms with Crippen molar-refractivity contribution in [3.8, 4) is 0 Å². The maximum Gasteiger partial charge on any atom is 0.149 e. The first kappa shape index (κ1) is 11.1. The predicted octanol–water partition coefficient (Wildman–Crippen LogP) is 1.71. The van der Waals surface area contributed by atoms with Gasteiger partial charge in [0.05, 0.1) is 5.69 Å². The molecule has 0 spiro atoms. The Morgan fingerprint density at radius 3 is 2.93 bits per heavy atom. The molecule has 0 aliphatic carbocycles. The molecule has 14 heavy (non-hydrogen) atoms. The molecule has 1 aromatic rings. The van der Waals surface area contributed by atoms with Gasteiger partial charge in [0.25, 0.3) is 0 Å². The zero-order chi connectivity index (χ0) is 10.4. The number of nitrogens with one attached hydrogen (secondary N) is 1. The first-order chi connectivity index (χ1) is 6.79. The van der Waals surface area contributed by atoms with Crippen LogP contribution in [0.4, 0.5) is 0 Å². The van der Waals surface area contributed by atoms with E-state index in [2.05, 4.69) is 10.3 Å². The minimum atomic E-state index is -0.235. The zero-order valence-electron chi connectivity index (χ0n) is 8.36. The second kappa shape index (κ2) is 5.67. The first-order valence-corrected chi connectivity index (χ1v) is 4.94. The van der Waals surface area contributed by atoms with Crippen molar-refractivity contribution in [3.05, 3.63) is 30.1 Å². The summed E-state index contributed by atoms with van der Waals surface area (Å²) in [6.07, 6.45) is 1.50. The predicted molar refractivity (Wildman–Crippen MR) is 60.3 cm³/mol. The molecule has 0 saturated heterocycles. The van der Waals surface area contributed by atoms with Gasteiger partial charge in [-0.15, -0.1) is 0 Å². The van der Waals surface area contributed by atoms with E-state index in [1.54, 1.807) is 13.2 Å². The van der Waals surface area contributed by atoms with Crippen LogP contribution < -0.4 is 5.32 Å². The van der Waals surface area contributed by atoms with E-state index in [-0.39, 0.29) is 6.10 Å². The van der Waals surface area contributed by atoms with Gasteiger partial charge in [0.15, 0.2) is 0 Å². The Bertz CT molecular complexity index is 289. The molecular weight excluding hydrogens is 196 g/mol. The van der Waals surface area contributed by atoms with E-state index >= 15 is 0 Å². The fourth-order valence-electron chi connectivity index (χ4n) is 1.12. The minimum absolute atomic E-state index is 0.235. The molecule has 1 heterocycles. The Morgan fingerprint density at radius 1 is 1.64 bits per heavy atom. The second-order valence-corrected chi connectivity index (χ2v) is 3.14. The van der Waals surface area contributed by atoms with Gasteiger partial charge in [0.1, 0.15) is 11.1 Å². The van der Waals surface area contributed by atoms with Gasteiger partial charge in [0.2, 0.25) is 0 Å². The van der Waals surface area contributed by atoms with Crippen LogP contribution in [0.5, 0.6) is 0 Å². The standard InChI is InChI=1S/C10H14N2OS/c1-3-13-9(10(14)11-2)8-6-4-5-7-12-8/h4-7,9H,3H2,1-2H3,(H,11,14). The summed E-state index contributed by atoms with van der Waals surface area (Å²) in [4.78, 5) is 4.87. The molecule has 1 unspecified atom stereocenters. The van der Waals surface area contributed by atoms with Crippen LogP contribution in [0, 0.1) is 0 Å². The van der Waals surface area contributed by atoms with Gasteiger partial charge in [-0.2, -0.15) is 0 Å². The van der Waals surface area contributed by atoms with Crippen LogP contribution in [0.25, 0.3) is 0 Å². The monoisotopic (exact) mass is 210 g/mol. The molecule has 0 amide bonds. The van der Waals surface area contributed by atoms with Gasteiger partial charge in [-0.1, -0.05) is 18.3 Å². The summed E-state index contributed by atoms with van der Waals surface area (Å²) in [7, 11) is 1.79. The molecule has 0 fully saturated rings. The van der Waals surface area contributed by atoms with Crippen LogP contribution >= 0.6 is 12.2 Å². The smallest absolute Gasteiger partial charge is 0.149 e. The average Bonchev–Trinajstić information content (AvgIpc) is 2.26. The zero-order valence-corrected chi connectivity index (χ0v) is 9.17. The van der Waals surface area contributed by atoms with Crippen molar-refractivity contribution in [3.63, 3.8) is 0 Å². The second-order valence-electron chi connectivity index (χ2n) is 2.70. The molecule has 0 aliphatic heterocycles. The lowest BCUT2D eigenvalue weighted by atomic mass is 10.2. The summed E-state index contributed by atoms with van der Waals surface area (Å²) in [5.74, 6) is 0. The van der Waals surface area contributed by atoms with Crippen LogP contribution in [0.15, 0.2) is 24.4 Å². The molecule has 3 nitrogen and oxygen atoms in total. The van der Waals surface area contributed by atoms with Crippen LogP contribution in [-0.4, -0.2) is 23.6 Å². The lowest BCUT2D eigenvalue weighted by Gasteiger charge is -2.16. The molecule has 1 atom stereocenters. The molecular formula is C10H14N2OS. The maximum atomic E-state index is 5.51. The Kier molecular flexibility index (Phi) is 4.49. The van der Waals surface area contributed by atoms with Crippen molar-refractivity contribution in [1.29, 1.82) is 0 Å². The molecule has 4 heteroatoms. The molecule has 1 N–H and O–H groups in total. The summed E-state index contributed by atoms with van der Waals surface area (Å²) in [5.41, 5.74) is 0.841. The number of hydrogen-bond donors (Lipinski definition) is 1. The third-order valence-corrected chi connectivity index (χ3v) is 2.19. The highest BCUT2D eigenvalue weighted by Crippen LogP contribution is 2.15. The minimum Gasteiger partial charge on any atom is -0.380 e. The van der Waals surface area contributed by atoms with Gasteiger partial charge in [-0.25, -0.2) is 0 Å². The van der Waals surface area contributed by atoms with Crippen molar-refractivity contribution < 1.29 is 4.74 Å². The van der Waals surface area contributed by atoms with E-state index in [1.165, 1.54) is 0 Å². The largest absolute Gasteiger partial charge is 0.380 e. The quantitative estimate of drug-likeness (QED) is 0.767. The molecule has 76 valence electrons. The third kappa shape index (κ3) is 2.75. The van der Waals surface area contributed by atoms with Gasteiger partial charge in [-0.05, 0) is 19.1 Å². The summed E-state index contributed by atoms with van der Waals surface area (Å²) < 4.78 is 5.51. The topological polar surface area (TPSA) is 34.1 Å². The number of likely N-dealkylation sites (N-methyl/N-ethyl adjacent to an activating group) is 1. The van der Waals surface area contributed by atoms with Gasteiger partial charge in [0, 0.05) is 19.9 Å². The van der Waals surface area contributed by atoms with Crippen LogP contribution in [0.1, 0.15) is 18.7 Å². The molecule has 0 aromatic carbocycles. The first-order valence-electron chi connectivity index (χ1n) is 4.53. The lowest BCUT2D eigenvalue weighted by molar-refractivity contribution is 0.107. The van der Waals surface area contributed by atoms with E-state index in [4.69, 9.17) is 17.0 Å². The number of nitrogens with zero attached hydrogens (tertiary/aromatic N) is 1. The maximum absolute atomic E-state index is 5.51. The van der Waals surface area contributed by atoms with Gasteiger partial charge >= 0.3 is 0 Å². The highest BCUT2D eigenvalue weighted by Gasteiger charge is 2.16. The normalized spacial score (nSPS) is 12.1. The third-order valence-electron chi connectivity index (χ3n) is 1.77. The van der Waals surface area contributed by atoms with Crippen molar-refractivity contribution in [2.24, 2.45) is 0 Å². The van der Waals surface area contributed by atoms with Crippen molar-refractivity contribution in [2.75, 3.05) is 13.7 Å². The number of pyridine rings is 1. The molecule has 0 radical (unpaired) electrons. The number of ether oxygens (including phenoxy) is 1. The Hall–Kier alpha value is -1.00. The number of aromatic nitrogens is 1. The fourth-order valence-corrected chi connectivity index (χ4v) is 1.31. The lowest BCUT2D eigenvalue weighted by Crippen LogP contribution is -2.26. The van der Waals surface area contributed by atoms with Crippen LogP contribution in [0.2, 0.25) is 0 Å². The summed E-state index contributed by atoms with van der Waals surface area (Å²) in [5, 5.41) is 2.91. The molecule has 0 bridgehead atoms.